The third-order valence-corrected chi connectivity index (χ3v) is 2.22. The molecule has 102 valence electrons. The van der Waals surface area contributed by atoms with E-state index in [0.29, 0.717) is 19.7 Å². The molecule has 4 heteroatoms. The Bertz CT molecular complexity index is 232. The number of ether oxygens (including phenoxy) is 1. The minimum absolute atomic E-state index is 0.0374. The van der Waals surface area contributed by atoms with Crippen LogP contribution in [0, 0.1) is 5.41 Å². The van der Waals surface area contributed by atoms with Crippen LogP contribution < -0.4 is 10.6 Å². The molecule has 0 aromatic carbocycles. The molecule has 0 unspecified atom stereocenters. The van der Waals surface area contributed by atoms with E-state index in [-0.39, 0.29) is 16.9 Å². The van der Waals surface area contributed by atoms with Crippen LogP contribution >= 0.6 is 0 Å². The molecule has 0 spiro atoms. The van der Waals surface area contributed by atoms with Crippen LogP contribution in [0.5, 0.6) is 0 Å². The normalized spacial score (nSPS) is 12.6. The number of hydrogen-bond donors (Lipinski definition) is 2. The molecule has 1 amide bonds. The molecule has 0 fully saturated rings. The van der Waals surface area contributed by atoms with E-state index in [2.05, 4.69) is 45.3 Å². The molecular formula is C13H28N2O2. The first kappa shape index (κ1) is 16.4. The van der Waals surface area contributed by atoms with Crippen molar-refractivity contribution >= 4 is 5.91 Å². The third kappa shape index (κ3) is 10.3. The molecular weight excluding hydrogens is 216 g/mol. The van der Waals surface area contributed by atoms with Crippen LogP contribution in [0.15, 0.2) is 0 Å². The lowest BCUT2D eigenvalue weighted by atomic mass is 9.82. The zero-order valence-electron chi connectivity index (χ0n) is 12.1. The summed E-state index contributed by atoms with van der Waals surface area (Å²) >= 11 is 0. The van der Waals surface area contributed by atoms with Crippen LogP contribution in [0.3, 0.4) is 0 Å². The van der Waals surface area contributed by atoms with E-state index in [4.69, 9.17) is 4.74 Å². The Morgan fingerprint density at radius 3 is 2.24 bits per heavy atom. The molecule has 0 aliphatic rings. The second-order valence-electron chi connectivity index (χ2n) is 6.34. The van der Waals surface area contributed by atoms with Crippen LogP contribution in [-0.2, 0) is 9.53 Å². The van der Waals surface area contributed by atoms with Crippen molar-refractivity contribution in [3.05, 3.63) is 0 Å². The monoisotopic (exact) mass is 244 g/mol. The fourth-order valence-corrected chi connectivity index (χ4v) is 2.17. The Kier molecular flexibility index (Phi) is 6.72. The summed E-state index contributed by atoms with van der Waals surface area (Å²) in [6.45, 7) is 12.3. The SMILES string of the molecule is COCCNCC(=O)NC(C)(C)CC(C)(C)C. The van der Waals surface area contributed by atoms with Crippen LogP contribution in [0.1, 0.15) is 41.0 Å². The Labute approximate surface area is 105 Å². The summed E-state index contributed by atoms with van der Waals surface area (Å²) in [5.74, 6) is 0.0374. The summed E-state index contributed by atoms with van der Waals surface area (Å²) in [5.41, 5.74) is 0.0402. The van der Waals surface area contributed by atoms with Gasteiger partial charge in [0.1, 0.15) is 0 Å². The second-order valence-corrected chi connectivity index (χ2v) is 6.34. The fourth-order valence-electron chi connectivity index (χ4n) is 2.17. The Balaban J connectivity index is 3.93. The first-order valence-electron chi connectivity index (χ1n) is 6.17. The lowest BCUT2D eigenvalue weighted by Gasteiger charge is -2.33. The minimum atomic E-state index is -0.168. The topological polar surface area (TPSA) is 50.4 Å². The standard InChI is InChI=1S/C13H28N2O2/c1-12(2,3)10-13(4,5)15-11(16)9-14-7-8-17-6/h14H,7-10H2,1-6H3,(H,15,16). The van der Waals surface area contributed by atoms with Crippen molar-refractivity contribution in [2.75, 3.05) is 26.8 Å². The highest BCUT2D eigenvalue weighted by Gasteiger charge is 2.26. The molecule has 0 aliphatic heterocycles. The summed E-state index contributed by atoms with van der Waals surface area (Å²) in [6.07, 6.45) is 0.948. The first-order valence-corrected chi connectivity index (χ1v) is 6.17. The van der Waals surface area contributed by atoms with E-state index in [1.165, 1.54) is 0 Å². The van der Waals surface area contributed by atoms with Crippen molar-refractivity contribution in [1.82, 2.24) is 10.6 Å². The fraction of sp³-hybridized carbons (Fsp3) is 0.923. The third-order valence-electron chi connectivity index (χ3n) is 2.22. The minimum Gasteiger partial charge on any atom is -0.383 e. The van der Waals surface area contributed by atoms with Gasteiger partial charge in [0.15, 0.2) is 0 Å². The summed E-state index contributed by atoms with van der Waals surface area (Å²) < 4.78 is 4.90. The van der Waals surface area contributed by atoms with Gasteiger partial charge in [0.05, 0.1) is 13.2 Å². The van der Waals surface area contributed by atoms with Gasteiger partial charge in [-0.1, -0.05) is 20.8 Å². The van der Waals surface area contributed by atoms with E-state index in [0.717, 1.165) is 6.42 Å². The number of carbonyl (C=O) groups excluding carboxylic acids is 1. The lowest BCUT2D eigenvalue weighted by Crippen LogP contribution is -2.48. The van der Waals surface area contributed by atoms with Gasteiger partial charge >= 0.3 is 0 Å². The molecule has 0 saturated carbocycles. The molecule has 0 rings (SSSR count). The number of rotatable bonds is 7. The van der Waals surface area contributed by atoms with Crippen molar-refractivity contribution in [3.63, 3.8) is 0 Å². The average molecular weight is 244 g/mol. The maximum Gasteiger partial charge on any atom is 0.234 e. The van der Waals surface area contributed by atoms with Crippen LogP contribution in [0.4, 0.5) is 0 Å². The van der Waals surface area contributed by atoms with Crippen molar-refractivity contribution in [3.8, 4) is 0 Å². The van der Waals surface area contributed by atoms with Gasteiger partial charge in [-0.2, -0.15) is 0 Å². The second kappa shape index (κ2) is 6.97. The van der Waals surface area contributed by atoms with E-state index < -0.39 is 0 Å². The van der Waals surface area contributed by atoms with Crippen LogP contribution in [-0.4, -0.2) is 38.3 Å². The maximum atomic E-state index is 11.7. The molecule has 0 atom stereocenters. The molecule has 0 aliphatic carbocycles. The van der Waals surface area contributed by atoms with Gasteiger partial charge in [-0.3, -0.25) is 4.79 Å². The molecule has 0 aromatic rings. The highest BCUT2D eigenvalue weighted by atomic mass is 16.5. The molecule has 0 radical (unpaired) electrons. The molecule has 0 bridgehead atoms. The summed E-state index contributed by atoms with van der Waals surface area (Å²) in [5, 5.41) is 6.08. The Morgan fingerprint density at radius 1 is 1.18 bits per heavy atom. The Hall–Kier alpha value is -0.610. The maximum absolute atomic E-state index is 11.7. The lowest BCUT2D eigenvalue weighted by molar-refractivity contribution is -0.122. The van der Waals surface area contributed by atoms with Crippen molar-refractivity contribution in [2.24, 2.45) is 5.41 Å². The predicted molar refractivity (Wildman–Crippen MR) is 71.0 cm³/mol. The van der Waals surface area contributed by atoms with Gasteiger partial charge in [0.2, 0.25) is 5.91 Å². The molecule has 17 heavy (non-hydrogen) atoms. The molecule has 2 N–H and O–H groups in total. The smallest absolute Gasteiger partial charge is 0.234 e. The van der Waals surface area contributed by atoms with E-state index >= 15 is 0 Å². The number of hydrogen-bond acceptors (Lipinski definition) is 3. The van der Waals surface area contributed by atoms with E-state index in [9.17, 15) is 4.79 Å². The van der Waals surface area contributed by atoms with Crippen molar-refractivity contribution in [2.45, 2.75) is 46.6 Å². The van der Waals surface area contributed by atoms with E-state index in [1.54, 1.807) is 7.11 Å². The molecule has 4 nitrogen and oxygen atoms in total. The summed E-state index contributed by atoms with van der Waals surface area (Å²) in [6, 6.07) is 0. The zero-order chi connectivity index (χ0) is 13.5. The predicted octanol–water partition coefficient (Wildman–Crippen LogP) is 1.55. The van der Waals surface area contributed by atoms with Crippen LogP contribution in [0.2, 0.25) is 0 Å². The first-order chi connectivity index (χ1) is 7.66. The van der Waals surface area contributed by atoms with Gasteiger partial charge in [-0.05, 0) is 25.7 Å². The molecule has 0 aromatic heterocycles. The van der Waals surface area contributed by atoms with Gasteiger partial charge in [0.25, 0.3) is 0 Å². The largest absolute Gasteiger partial charge is 0.383 e. The zero-order valence-corrected chi connectivity index (χ0v) is 12.1. The molecule has 0 saturated heterocycles. The quantitative estimate of drug-likeness (QED) is 0.668. The number of amides is 1. The highest BCUT2D eigenvalue weighted by Crippen LogP contribution is 2.26. The van der Waals surface area contributed by atoms with Crippen LogP contribution in [0.25, 0.3) is 0 Å². The van der Waals surface area contributed by atoms with Gasteiger partial charge in [0, 0.05) is 19.2 Å². The average Bonchev–Trinajstić information content (AvgIpc) is 2.07. The number of methoxy groups -OCH3 is 1. The highest BCUT2D eigenvalue weighted by molar-refractivity contribution is 5.78. The number of nitrogens with one attached hydrogen (secondary N) is 2. The van der Waals surface area contributed by atoms with Gasteiger partial charge in [-0.25, -0.2) is 0 Å². The summed E-state index contributed by atoms with van der Waals surface area (Å²) in [7, 11) is 1.65. The Morgan fingerprint density at radius 2 is 1.76 bits per heavy atom. The van der Waals surface area contributed by atoms with Gasteiger partial charge in [-0.15, -0.1) is 0 Å². The summed E-state index contributed by atoms with van der Waals surface area (Å²) in [4.78, 5) is 11.7. The van der Waals surface area contributed by atoms with Crippen molar-refractivity contribution < 1.29 is 9.53 Å². The molecule has 0 heterocycles. The van der Waals surface area contributed by atoms with E-state index in [1.807, 2.05) is 0 Å². The number of carbonyl (C=O) groups is 1. The van der Waals surface area contributed by atoms with Crippen molar-refractivity contribution in [1.29, 1.82) is 0 Å². The van der Waals surface area contributed by atoms with Gasteiger partial charge < -0.3 is 15.4 Å².